The number of nitrogens with zero attached hydrogens (tertiary/aromatic N) is 1. The van der Waals surface area contributed by atoms with E-state index in [0.717, 1.165) is 22.3 Å². The molecule has 5 nitrogen and oxygen atoms in total. The highest BCUT2D eigenvalue weighted by Gasteiger charge is 2.72. The first kappa shape index (κ1) is 23.6. The van der Waals surface area contributed by atoms with Crippen molar-refractivity contribution in [2.24, 2.45) is 11.8 Å². The Morgan fingerprint density at radius 2 is 1.13 bits per heavy atom. The third-order valence-electron chi connectivity index (χ3n) is 7.98. The van der Waals surface area contributed by atoms with E-state index in [0.29, 0.717) is 16.9 Å². The fourth-order valence-corrected chi connectivity index (χ4v) is 8.74. The van der Waals surface area contributed by atoms with Gasteiger partial charge in [0.15, 0.2) is 0 Å². The summed E-state index contributed by atoms with van der Waals surface area (Å²) in [5.74, 6) is -2.22. The van der Waals surface area contributed by atoms with Crippen molar-refractivity contribution in [3.05, 3.63) is 131 Å². The lowest BCUT2D eigenvalue weighted by Gasteiger charge is -2.55. The zero-order valence-corrected chi connectivity index (χ0v) is 23.1. The molecule has 4 aromatic rings. The van der Waals surface area contributed by atoms with Crippen LogP contribution >= 0.6 is 31.9 Å². The molecule has 1 saturated heterocycles. The number of imide groups is 1. The van der Waals surface area contributed by atoms with Gasteiger partial charge in [-0.25, -0.2) is 4.90 Å². The second-order valence-electron chi connectivity index (χ2n) is 9.85. The van der Waals surface area contributed by atoms with E-state index in [1.807, 2.05) is 66.7 Å². The highest BCUT2D eigenvalue weighted by atomic mass is 79.9. The Morgan fingerprint density at radius 3 is 1.63 bits per heavy atom. The summed E-state index contributed by atoms with van der Waals surface area (Å²) in [5.41, 5.74) is 5.34. The van der Waals surface area contributed by atoms with Crippen molar-refractivity contribution in [2.75, 3.05) is 10.2 Å². The number of carbonyl (C=O) groups excluding carboxylic acids is 3. The Kier molecular flexibility index (Phi) is 5.10. The van der Waals surface area contributed by atoms with Crippen molar-refractivity contribution in [3.63, 3.8) is 0 Å². The van der Waals surface area contributed by atoms with Gasteiger partial charge in [0.05, 0.1) is 26.2 Å². The number of hydrogen-bond acceptors (Lipinski definition) is 3. The summed E-state index contributed by atoms with van der Waals surface area (Å²) < 4.78 is -1.71. The van der Waals surface area contributed by atoms with E-state index in [4.69, 9.17) is 0 Å². The number of amides is 3. The minimum atomic E-state index is -0.857. The Hall–Kier alpha value is -3.55. The van der Waals surface area contributed by atoms with Crippen LogP contribution in [0.15, 0.2) is 103 Å². The van der Waals surface area contributed by atoms with Gasteiger partial charge in [0.25, 0.3) is 5.91 Å². The number of hydrogen-bond donors (Lipinski definition) is 1. The molecule has 1 fully saturated rings. The van der Waals surface area contributed by atoms with E-state index in [1.165, 1.54) is 4.90 Å². The molecule has 3 amide bonds. The van der Waals surface area contributed by atoms with Crippen LogP contribution < -0.4 is 10.2 Å². The molecule has 0 radical (unpaired) electrons. The highest BCUT2D eigenvalue weighted by Crippen LogP contribution is 2.70. The average Bonchev–Trinajstić information content (AvgIpc) is 3.23. The second kappa shape index (κ2) is 8.22. The number of anilines is 2. The predicted octanol–water partition coefficient (Wildman–Crippen LogP) is 6.35. The Morgan fingerprint density at radius 1 is 0.658 bits per heavy atom. The Labute approximate surface area is 236 Å². The summed E-state index contributed by atoms with van der Waals surface area (Å²) >= 11 is 8.04. The molecule has 0 unspecified atom stereocenters. The maximum absolute atomic E-state index is 14.2. The predicted molar refractivity (Wildman–Crippen MR) is 153 cm³/mol. The molecule has 2 bridgehead atoms. The van der Waals surface area contributed by atoms with Crippen molar-refractivity contribution >= 4 is 61.0 Å². The van der Waals surface area contributed by atoms with Gasteiger partial charge in [0.2, 0.25) is 11.8 Å². The second-order valence-corrected chi connectivity index (χ2v) is 12.4. The van der Waals surface area contributed by atoms with Crippen LogP contribution in [0.3, 0.4) is 0 Å². The van der Waals surface area contributed by atoms with E-state index < -0.39 is 20.5 Å². The Balaban J connectivity index is 1.34. The first-order chi connectivity index (χ1) is 18.4. The molecule has 1 heterocycles. The topological polar surface area (TPSA) is 66.5 Å². The smallest absolute Gasteiger partial charge is 0.255 e. The quantitative estimate of drug-likeness (QED) is 0.213. The molecule has 4 aromatic carbocycles. The number of halogens is 2. The number of para-hydroxylation sites is 1. The van der Waals surface area contributed by atoms with Gasteiger partial charge in [-0.3, -0.25) is 14.4 Å². The minimum absolute atomic E-state index is 0.287. The molecule has 4 aliphatic rings. The molecule has 0 spiro atoms. The third-order valence-corrected chi connectivity index (χ3v) is 10.7. The summed E-state index contributed by atoms with van der Waals surface area (Å²) in [5, 5.41) is 2.87. The summed E-state index contributed by atoms with van der Waals surface area (Å²) in [6.07, 6.45) is 0. The van der Waals surface area contributed by atoms with Gasteiger partial charge >= 0.3 is 0 Å². The van der Waals surface area contributed by atoms with Crippen LogP contribution in [-0.2, 0) is 18.2 Å². The van der Waals surface area contributed by atoms with Crippen molar-refractivity contribution < 1.29 is 14.4 Å². The van der Waals surface area contributed by atoms with Crippen LogP contribution in [0, 0.1) is 11.8 Å². The molecular weight excluding hydrogens is 608 g/mol. The fraction of sp³-hybridized carbons (Fsp3) is 0.129. The normalized spacial score (nSPS) is 26.5. The van der Waals surface area contributed by atoms with E-state index in [-0.39, 0.29) is 17.7 Å². The molecule has 1 N–H and O–H groups in total. The molecule has 1 aliphatic heterocycles. The maximum atomic E-state index is 14.2. The van der Waals surface area contributed by atoms with Crippen LogP contribution in [-0.4, -0.2) is 17.7 Å². The van der Waals surface area contributed by atoms with E-state index in [2.05, 4.69) is 37.2 Å². The van der Waals surface area contributed by atoms with E-state index >= 15 is 0 Å². The number of benzene rings is 4. The minimum Gasteiger partial charge on any atom is -0.322 e. The summed E-state index contributed by atoms with van der Waals surface area (Å²) in [4.78, 5) is 42.7. The molecule has 0 saturated carbocycles. The van der Waals surface area contributed by atoms with E-state index in [9.17, 15) is 14.4 Å². The molecule has 8 rings (SSSR count). The number of rotatable bonds is 3. The summed E-state index contributed by atoms with van der Waals surface area (Å²) in [6.45, 7) is 0. The SMILES string of the molecule is O=C(Nc1ccccc1)c1cccc(N2C(=O)[C@@H]3[C@@H](C2=O)C2(Br)c4ccccc4C3(Br)c3ccccc32)c1. The van der Waals surface area contributed by atoms with Crippen molar-refractivity contribution in [1.82, 2.24) is 0 Å². The zero-order chi connectivity index (χ0) is 26.2. The molecule has 7 heteroatoms. The van der Waals surface area contributed by atoms with Crippen molar-refractivity contribution in [3.8, 4) is 0 Å². The number of carbonyl (C=O) groups is 3. The summed E-state index contributed by atoms with van der Waals surface area (Å²) in [7, 11) is 0. The highest BCUT2D eigenvalue weighted by molar-refractivity contribution is 9.10. The van der Waals surface area contributed by atoms with Gasteiger partial charge in [-0.05, 0) is 52.6 Å². The van der Waals surface area contributed by atoms with Crippen LogP contribution in [0.4, 0.5) is 11.4 Å². The largest absolute Gasteiger partial charge is 0.322 e. The molecule has 3 aliphatic carbocycles. The molecular formula is C31H20Br2N2O3. The van der Waals surface area contributed by atoms with Crippen LogP contribution in [0.2, 0.25) is 0 Å². The van der Waals surface area contributed by atoms with Gasteiger partial charge in [-0.2, -0.15) is 0 Å². The maximum Gasteiger partial charge on any atom is 0.255 e. The number of alkyl halides is 2. The van der Waals surface area contributed by atoms with Crippen LogP contribution in [0.25, 0.3) is 0 Å². The van der Waals surface area contributed by atoms with Crippen LogP contribution in [0.1, 0.15) is 32.6 Å². The van der Waals surface area contributed by atoms with Crippen LogP contribution in [0.5, 0.6) is 0 Å². The van der Waals surface area contributed by atoms with Gasteiger partial charge in [0, 0.05) is 11.3 Å². The Bertz CT molecular complexity index is 1550. The molecule has 38 heavy (non-hydrogen) atoms. The van der Waals surface area contributed by atoms with Gasteiger partial charge in [-0.15, -0.1) is 0 Å². The lowest BCUT2D eigenvalue weighted by molar-refractivity contribution is -0.122. The molecule has 2 atom stereocenters. The summed E-state index contributed by atoms with van der Waals surface area (Å²) in [6, 6.07) is 31.8. The van der Waals surface area contributed by atoms with Crippen molar-refractivity contribution in [2.45, 2.75) is 8.65 Å². The fourth-order valence-electron chi connectivity index (χ4n) is 6.43. The van der Waals surface area contributed by atoms with E-state index in [1.54, 1.807) is 36.4 Å². The van der Waals surface area contributed by atoms with Crippen molar-refractivity contribution in [1.29, 1.82) is 0 Å². The number of nitrogens with one attached hydrogen (secondary N) is 1. The first-order valence-corrected chi connectivity index (χ1v) is 13.9. The van der Waals surface area contributed by atoms with Gasteiger partial charge in [0.1, 0.15) is 0 Å². The zero-order valence-electron chi connectivity index (χ0n) is 19.9. The third kappa shape index (κ3) is 2.94. The lowest BCUT2D eigenvalue weighted by Crippen LogP contribution is -2.56. The molecule has 0 aromatic heterocycles. The first-order valence-electron chi connectivity index (χ1n) is 12.3. The monoisotopic (exact) mass is 626 g/mol. The standard InChI is InChI=1S/C31H20Br2N2O3/c32-30-21-13-4-5-14-22(21)31(33,24-16-7-6-15-23(24)30)26-25(30)28(37)35(29(26)38)20-12-8-9-18(17-20)27(36)34-19-10-2-1-3-11-19/h1-17,25-26H,(H,34,36)/t25-,26-,30?,31?/m0/s1. The van der Waals surface area contributed by atoms with Gasteiger partial charge < -0.3 is 5.32 Å². The average molecular weight is 628 g/mol. The van der Waals surface area contributed by atoms with Gasteiger partial charge in [-0.1, -0.05) is 105 Å². The lowest BCUT2D eigenvalue weighted by atomic mass is 9.54. The molecule has 186 valence electrons.